The number of carbonyl (C=O) groups is 2. The van der Waals surface area contributed by atoms with Crippen LogP contribution in [0.4, 0.5) is 4.39 Å². The molecule has 0 amide bonds. The Hall–Kier alpha value is -4.06. The number of ketones is 2. The fourth-order valence-corrected chi connectivity index (χ4v) is 5.13. The van der Waals surface area contributed by atoms with Crippen molar-refractivity contribution in [2.75, 3.05) is 0 Å². The van der Waals surface area contributed by atoms with Crippen LogP contribution in [0.15, 0.2) is 60.7 Å². The first-order valence-electron chi connectivity index (χ1n) is 13.0. The molecular formula is C33H32FNO4. The van der Waals surface area contributed by atoms with E-state index in [9.17, 15) is 19.1 Å². The highest BCUT2D eigenvalue weighted by Crippen LogP contribution is 2.40. The number of hydrogen-bond acceptors (Lipinski definition) is 5. The lowest BCUT2D eigenvalue weighted by Gasteiger charge is -2.28. The van der Waals surface area contributed by atoms with Crippen LogP contribution < -0.4 is 4.74 Å². The summed E-state index contributed by atoms with van der Waals surface area (Å²) in [5, 5.41) is 11.8. The summed E-state index contributed by atoms with van der Waals surface area (Å²) in [4.78, 5) is 30.8. The molecule has 0 saturated carbocycles. The number of hydrogen-bond donors (Lipinski definition) is 1. The number of halogens is 1. The van der Waals surface area contributed by atoms with Gasteiger partial charge in [-0.2, -0.15) is 0 Å². The van der Waals surface area contributed by atoms with Crippen molar-refractivity contribution >= 4 is 22.5 Å². The molecule has 0 spiro atoms. The van der Waals surface area contributed by atoms with Gasteiger partial charge >= 0.3 is 0 Å². The van der Waals surface area contributed by atoms with E-state index < -0.39 is 17.5 Å². The normalized spacial score (nSPS) is 15.6. The first kappa shape index (κ1) is 26.5. The molecular weight excluding hydrogens is 493 g/mol. The predicted molar refractivity (Wildman–Crippen MR) is 149 cm³/mol. The molecule has 3 aromatic carbocycles. The van der Waals surface area contributed by atoms with Crippen molar-refractivity contribution in [2.24, 2.45) is 0 Å². The Labute approximate surface area is 227 Å². The van der Waals surface area contributed by atoms with E-state index in [4.69, 9.17) is 9.72 Å². The number of nitrogens with zero attached hydrogens (tertiary/aromatic N) is 1. The highest BCUT2D eigenvalue weighted by molar-refractivity contribution is 6.29. The highest BCUT2D eigenvalue weighted by atomic mass is 19.1. The Balaban J connectivity index is 1.51. The molecule has 0 fully saturated rings. The summed E-state index contributed by atoms with van der Waals surface area (Å²) in [6.07, 6.45) is 0. The number of phenols is 1. The number of pyridine rings is 1. The molecule has 0 aliphatic heterocycles. The van der Waals surface area contributed by atoms with E-state index in [1.54, 1.807) is 12.1 Å². The van der Waals surface area contributed by atoms with Crippen LogP contribution in [0.2, 0.25) is 0 Å². The van der Waals surface area contributed by atoms with Gasteiger partial charge in [-0.3, -0.25) is 9.59 Å². The molecule has 1 aliphatic rings. The van der Waals surface area contributed by atoms with Crippen molar-refractivity contribution in [1.82, 2.24) is 4.98 Å². The van der Waals surface area contributed by atoms with Crippen molar-refractivity contribution in [3.8, 4) is 11.5 Å². The zero-order valence-corrected chi connectivity index (χ0v) is 23.1. The number of para-hydroxylation sites is 1. The predicted octanol–water partition coefficient (Wildman–Crippen LogP) is 7.42. The first-order valence-corrected chi connectivity index (χ1v) is 13.0. The van der Waals surface area contributed by atoms with Gasteiger partial charge in [0.25, 0.3) is 0 Å². The van der Waals surface area contributed by atoms with Gasteiger partial charge in [0.05, 0.1) is 5.69 Å². The standard InChI is InChI=1S/C33H32FNO4/c1-32(2,3)23-14-18(15-24(31(23)38)33(4,5)6)17-39-26-9-7-8-19-10-13-25(35-28(19)26)27-29(36)21-12-11-20(34)16-22(21)30(27)37/h7-16,27,38H,17H2,1-6H3. The van der Waals surface area contributed by atoms with Crippen molar-refractivity contribution in [2.45, 2.75) is 64.9 Å². The lowest BCUT2D eigenvalue weighted by molar-refractivity contribution is 0.0888. The van der Waals surface area contributed by atoms with E-state index in [1.165, 1.54) is 12.1 Å². The van der Waals surface area contributed by atoms with Crippen LogP contribution in [-0.4, -0.2) is 21.7 Å². The quantitative estimate of drug-likeness (QED) is 0.281. The van der Waals surface area contributed by atoms with Gasteiger partial charge in [-0.15, -0.1) is 0 Å². The number of ether oxygens (including phenoxy) is 1. The summed E-state index contributed by atoms with van der Waals surface area (Å²) in [6.45, 7) is 12.6. The fraction of sp³-hybridized carbons (Fsp3) is 0.303. The van der Waals surface area contributed by atoms with E-state index in [0.717, 1.165) is 28.1 Å². The minimum Gasteiger partial charge on any atom is -0.507 e. The maximum absolute atomic E-state index is 13.8. The van der Waals surface area contributed by atoms with Crippen molar-refractivity contribution < 1.29 is 23.8 Å². The second kappa shape index (κ2) is 9.30. The van der Waals surface area contributed by atoms with Crippen LogP contribution in [0.5, 0.6) is 11.5 Å². The number of phenolic OH excluding ortho intramolecular Hbond substituents is 1. The van der Waals surface area contributed by atoms with Crippen LogP contribution in [0, 0.1) is 5.82 Å². The molecule has 1 N–H and O–H groups in total. The largest absolute Gasteiger partial charge is 0.507 e. The van der Waals surface area contributed by atoms with E-state index in [-0.39, 0.29) is 34.3 Å². The van der Waals surface area contributed by atoms with Crippen LogP contribution >= 0.6 is 0 Å². The molecule has 0 saturated heterocycles. The monoisotopic (exact) mass is 525 g/mol. The summed E-state index contributed by atoms with van der Waals surface area (Å²) >= 11 is 0. The van der Waals surface area contributed by atoms with Gasteiger partial charge in [-0.1, -0.05) is 59.7 Å². The third kappa shape index (κ3) is 4.80. The molecule has 4 aromatic rings. The average Bonchev–Trinajstić information content (AvgIpc) is 3.10. The Morgan fingerprint density at radius 3 is 2.13 bits per heavy atom. The molecule has 5 nitrogen and oxygen atoms in total. The summed E-state index contributed by atoms with van der Waals surface area (Å²) in [7, 11) is 0. The number of aromatic hydroxyl groups is 1. The molecule has 0 bridgehead atoms. The summed E-state index contributed by atoms with van der Waals surface area (Å²) in [5.41, 5.74) is 3.22. The van der Waals surface area contributed by atoms with E-state index in [0.29, 0.717) is 22.7 Å². The Morgan fingerprint density at radius 2 is 1.49 bits per heavy atom. The molecule has 1 aromatic heterocycles. The molecule has 0 radical (unpaired) electrons. The average molecular weight is 526 g/mol. The lowest BCUT2D eigenvalue weighted by Crippen LogP contribution is -2.18. The molecule has 1 heterocycles. The number of Topliss-reactive ketones (excluding diaryl/α,β-unsaturated/α-hetero) is 2. The maximum atomic E-state index is 13.8. The smallest absolute Gasteiger partial charge is 0.180 e. The molecule has 1 unspecified atom stereocenters. The van der Waals surface area contributed by atoms with Gasteiger partial charge in [0.15, 0.2) is 11.6 Å². The molecule has 5 rings (SSSR count). The lowest BCUT2D eigenvalue weighted by atomic mass is 9.78. The number of fused-ring (bicyclic) bond motifs is 2. The summed E-state index contributed by atoms with van der Waals surface area (Å²) < 4.78 is 20.0. The van der Waals surface area contributed by atoms with E-state index >= 15 is 0 Å². The fourth-order valence-electron chi connectivity index (χ4n) is 5.13. The third-order valence-corrected chi connectivity index (χ3v) is 7.22. The topological polar surface area (TPSA) is 76.5 Å². The minimum atomic E-state index is -1.11. The number of aromatic nitrogens is 1. The molecule has 39 heavy (non-hydrogen) atoms. The zero-order chi connectivity index (χ0) is 28.3. The van der Waals surface area contributed by atoms with Crippen LogP contribution in [-0.2, 0) is 17.4 Å². The molecule has 1 atom stereocenters. The van der Waals surface area contributed by atoms with E-state index in [1.807, 2.05) is 30.3 Å². The molecule has 6 heteroatoms. The Bertz CT molecular complexity index is 1610. The second-order valence-corrected chi connectivity index (χ2v) is 12.2. The molecule has 200 valence electrons. The SMILES string of the molecule is CC(C)(C)c1cc(COc2cccc3ccc(C4C(=O)c5ccc(F)cc5C4=O)nc23)cc(C(C)(C)C)c1O. The number of benzene rings is 3. The maximum Gasteiger partial charge on any atom is 0.180 e. The van der Waals surface area contributed by atoms with Gasteiger partial charge in [-0.05, 0) is 70.0 Å². The van der Waals surface area contributed by atoms with Gasteiger partial charge in [-0.25, -0.2) is 9.37 Å². The van der Waals surface area contributed by atoms with E-state index in [2.05, 4.69) is 41.5 Å². The van der Waals surface area contributed by atoms with Gasteiger partial charge < -0.3 is 9.84 Å². The van der Waals surface area contributed by atoms with Crippen LogP contribution in [0.1, 0.15) is 90.6 Å². The Morgan fingerprint density at radius 1 is 0.846 bits per heavy atom. The summed E-state index contributed by atoms with van der Waals surface area (Å²) in [6, 6.07) is 16.6. The van der Waals surface area contributed by atoms with Crippen LogP contribution in [0.25, 0.3) is 10.9 Å². The third-order valence-electron chi connectivity index (χ3n) is 7.22. The van der Waals surface area contributed by atoms with Crippen molar-refractivity contribution in [3.63, 3.8) is 0 Å². The summed E-state index contributed by atoms with van der Waals surface area (Å²) in [5.74, 6) is -1.68. The van der Waals surface area contributed by atoms with Crippen LogP contribution in [0.3, 0.4) is 0 Å². The minimum absolute atomic E-state index is 0.0908. The van der Waals surface area contributed by atoms with Gasteiger partial charge in [0.1, 0.15) is 35.4 Å². The van der Waals surface area contributed by atoms with Gasteiger partial charge in [0, 0.05) is 16.5 Å². The van der Waals surface area contributed by atoms with Gasteiger partial charge in [0.2, 0.25) is 0 Å². The first-order chi connectivity index (χ1) is 18.3. The molecule has 1 aliphatic carbocycles. The number of carbonyl (C=O) groups excluding carboxylic acids is 2. The number of rotatable bonds is 4. The van der Waals surface area contributed by atoms with Crippen molar-refractivity contribution in [3.05, 3.63) is 100.0 Å². The second-order valence-electron chi connectivity index (χ2n) is 12.2. The Kier molecular flexibility index (Phi) is 6.33. The zero-order valence-electron chi connectivity index (χ0n) is 23.1. The highest BCUT2D eigenvalue weighted by Gasteiger charge is 2.40. The van der Waals surface area contributed by atoms with Crippen molar-refractivity contribution in [1.29, 1.82) is 0 Å².